The minimum atomic E-state index is -1.48. The second-order valence-corrected chi connectivity index (χ2v) is 9.68. The maximum absolute atomic E-state index is 15.1. The van der Waals surface area contributed by atoms with Crippen LogP contribution < -0.4 is 0 Å². The van der Waals surface area contributed by atoms with Crippen molar-refractivity contribution >= 4 is 10.8 Å². The van der Waals surface area contributed by atoms with Crippen LogP contribution in [0.2, 0.25) is 0 Å². The fraction of sp³-hybridized carbons (Fsp3) is 0.448. The second kappa shape index (κ2) is 10.7. The summed E-state index contributed by atoms with van der Waals surface area (Å²) in [5, 5.41) is 1.44. The first kappa shape index (κ1) is 23.8. The standard InChI is InChI=1S/C29H32F4/c1-2-3-19-4-6-20(7-5-19)8-9-21-11-15-25-24(16-21)14-13-23(28(25)32)12-10-22-17-26(30)29(33)27(31)18-22/h11,13-20H,2-10,12H2,1H3. The Balaban J connectivity index is 1.38. The highest BCUT2D eigenvalue weighted by Gasteiger charge is 2.20. The Kier molecular flexibility index (Phi) is 7.72. The van der Waals surface area contributed by atoms with E-state index in [0.29, 0.717) is 16.5 Å². The van der Waals surface area contributed by atoms with Gasteiger partial charge >= 0.3 is 0 Å². The van der Waals surface area contributed by atoms with Gasteiger partial charge in [-0.05, 0) is 71.7 Å². The van der Waals surface area contributed by atoms with Crippen molar-refractivity contribution in [2.24, 2.45) is 11.8 Å². The lowest BCUT2D eigenvalue weighted by molar-refractivity contribution is 0.252. The summed E-state index contributed by atoms with van der Waals surface area (Å²) in [5.41, 5.74) is 2.04. The molecule has 176 valence electrons. The van der Waals surface area contributed by atoms with Crippen molar-refractivity contribution in [3.8, 4) is 0 Å². The normalized spacial score (nSPS) is 18.7. The first-order valence-corrected chi connectivity index (χ1v) is 12.3. The van der Waals surface area contributed by atoms with Gasteiger partial charge in [0.2, 0.25) is 0 Å². The molecule has 0 unspecified atom stereocenters. The lowest BCUT2D eigenvalue weighted by Crippen LogP contribution is -2.15. The van der Waals surface area contributed by atoms with E-state index < -0.39 is 17.5 Å². The number of fused-ring (bicyclic) bond motifs is 1. The predicted octanol–water partition coefficient (Wildman–Crippen LogP) is 8.72. The summed E-state index contributed by atoms with van der Waals surface area (Å²) in [6.07, 6.45) is 10.8. The zero-order valence-electron chi connectivity index (χ0n) is 19.3. The molecule has 4 heteroatoms. The van der Waals surface area contributed by atoms with E-state index in [0.717, 1.165) is 35.8 Å². The topological polar surface area (TPSA) is 0 Å². The van der Waals surface area contributed by atoms with Crippen LogP contribution >= 0.6 is 0 Å². The van der Waals surface area contributed by atoms with Gasteiger partial charge in [0, 0.05) is 5.39 Å². The van der Waals surface area contributed by atoms with E-state index in [-0.39, 0.29) is 18.7 Å². The molecule has 0 heterocycles. The van der Waals surface area contributed by atoms with Gasteiger partial charge in [0.25, 0.3) is 0 Å². The highest BCUT2D eigenvalue weighted by molar-refractivity contribution is 5.84. The third kappa shape index (κ3) is 5.77. The zero-order valence-corrected chi connectivity index (χ0v) is 19.3. The molecule has 3 aromatic rings. The summed E-state index contributed by atoms with van der Waals surface area (Å²) in [6.45, 7) is 2.27. The molecule has 0 spiro atoms. The summed E-state index contributed by atoms with van der Waals surface area (Å²) in [6, 6.07) is 11.5. The monoisotopic (exact) mass is 456 g/mol. The fourth-order valence-electron chi connectivity index (χ4n) is 5.35. The van der Waals surface area contributed by atoms with Crippen LogP contribution in [0.3, 0.4) is 0 Å². The van der Waals surface area contributed by atoms with E-state index in [2.05, 4.69) is 13.0 Å². The van der Waals surface area contributed by atoms with Crippen LogP contribution in [-0.2, 0) is 19.3 Å². The Hall–Kier alpha value is -2.36. The number of aryl methyl sites for hydroxylation is 3. The molecule has 0 nitrogen and oxygen atoms in total. The van der Waals surface area contributed by atoms with Crippen molar-refractivity contribution in [3.05, 3.63) is 82.4 Å². The fourth-order valence-corrected chi connectivity index (χ4v) is 5.35. The van der Waals surface area contributed by atoms with Crippen molar-refractivity contribution in [3.63, 3.8) is 0 Å². The van der Waals surface area contributed by atoms with E-state index >= 15 is 4.39 Å². The number of benzene rings is 3. The Morgan fingerprint density at radius 3 is 2.00 bits per heavy atom. The van der Waals surface area contributed by atoms with Gasteiger partial charge in [-0.25, -0.2) is 17.6 Å². The molecule has 3 aromatic carbocycles. The third-order valence-corrected chi connectivity index (χ3v) is 7.33. The molecule has 0 radical (unpaired) electrons. The van der Waals surface area contributed by atoms with E-state index in [1.165, 1.54) is 50.5 Å². The lowest BCUT2D eigenvalue weighted by atomic mass is 9.78. The molecule has 1 aliphatic carbocycles. The smallest absolute Gasteiger partial charge is 0.194 e. The molecule has 0 bridgehead atoms. The van der Waals surface area contributed by atoms with Crippen LogP contribution in [0.5, 0.6) is 0 Å². The average molecular weight is 457 g/mol. The largest absolute Gasteiger partial charge is 0.206 e. The van der Waals surface area contributed by atoms with Gasteiger partial charge in [-0.2, -0.15) is 0 Å². The molecule has 0 atom stereocenters. The minimum absolute atomic E-state index is 0.231. The van der Waals surface area contributed by atoms with E-state index in [1.54, 1.807) is 6.07 Å². The van der Waals surface area contributed by atoms with Gasteiger partial charge in [-0.1, -0.05) is 75.8 Å². The predicted molar refractivity (Wildman–Crippen MR) is 126 cm³/mol. The maximum Gasteiger partial charge on any atom is 0.194 e. The van der Waals surface area contributed by atoms with Crippen LogP contribution in [0.15, 0.2) is 42.5 Å². The van der Waals surface area contributed by atoms with E-state index in [9.17, 15) is 13.2 Å². The molecule has 0 aromatic heterocycles. The van der Waals surface area contributed by atoms with Crippen LogP contribution in [0.1, 0.15) is 68.6 Å². The Labute approximate surface area is 194 Å². The molecule has 4 rings (SSSR count). The SMILES string of the molecule is CCCC1CCC(CCc2ccc3c(F)c(CCc4cc(F)c(F)c(F)c4)ccc3c2)CC1. The highest BCUT2D eigenvalue weighted by Crippen LogP contribution is 2.34. The van der Waals surface area contributed by atoms with Crippen molar-refractivity contribution in [2.75, 3.05) is 0 Å². The first-order valence-electron chi connectivity index (χ1n) is 12.3. The minimum Gasteiger partial charge on any atom is -0.206 e. The maximum atomic E-state index is 15.1. The molecule has 0 amide bonds. The van der Waals surface area contributed by atoms with E-state index in [4.69, 9.17) is 0 Å². The molecule has 0 saturated heterocycles. The molecule has 0 N–H and O–H groups in total. The van der Waals surface area contributed by atoms with Crippen LogP contribution in [0.25, 0.3) is 10.8 Å². The summed E-state index contributed by atoms with van der Waals surface area (Å²) in [4.78, 5) is 0. The van der Waals surface area contributed by atoms with Gasteiger partial charge in [0.1, 0.15) is 5.82 Å². The van der Waals surface area contributed by atoms with Crippen LogP contribution in [-0.4, -0.2) is 0 Å². The number of rotatable bonds is 8. The van der Waals surface area contributed by atoms with Crippen LogP contribution in [0.4, 0.5) is 17.6 Å². The Morgan fingerprint density at radius 2 is 1.33 bits per heavy atom. The summed E-state index contributed by atoms with van der Waals surface area (Å²) in [5.74, 6) is -2.48. The first-order chi connectivity index (χ1) is 15.9. The number of hydrogen-bond donors (Lipinski definition) is 0. The molecule has 1 aliphatic rings. The third-order valence-electron chi connectivity index (χ3n) is 7.33. The summed E-state index contributed by atoms with van der Waals surface area (Å²) < 4.78 is 55.1. The lowest BCUT2D eigenvalue weighted by Gasteiger charge is -2.28. The molecule has 1 fully saturated rings. The van der Waals surface area contributed by atoms with Crippen molar-refractivity contribution in [1.82, 2.24) is 0 Å². The molecule has 1 saturated carbocycles. The Bertz CT molecular complexity index is 1070. The summed E-state index contributed by atoms with van der Waals surface area (Å²) in [7, 11) is 0. The highest BCUT2D eigenvalue weighted by atomic mass is 19.2. The summed E-state index contributed by atoms with van der Waals surface area (Å²) >= 11 is 0. The molecule has 0 aliphatic heterocycles. The van der Waals surface area contributed by atoms with Crippen LogP contribution in [0, 0.1) is 35.1 Å². The molecular weight excluding hydrogens is 424 g/mol. The van der Waals surface area contributed by atoms with Crippen molar-refractivity contribution in [1.29, 1.82) is 0 Å². The van der Waals surface area contributed by atoms with E-state index in [1.807, 2.05) is 18.2 Å². The number of hydrogen-bond acceptors (Lipinski definition) is 0. The molecule has 33 heavy (non-hydrogen) atoms. The van der Waals surface area contributed by atoms with Gasteiger partial charge in [0.05, 0.1) is 0 Å². The van der Waals surface area contributed by atoms with Gasteiger partial charge in [-0.15, -0.1) is 0 Å². The number of halogens is 4. The van der Waals surface area contributed by atoms with Crippen molar-refractivity contribution in [2.45, 2.75) is 71.1 Å². The second-order valence-electron chi connectivity index (χ2n) is 9.68. The zero-order chi connectivity index (χ0) is 23.4. The van der Waals surface area contributed by atoms with Gasteiger partial charge in [-0.3, -0.25) is 0 Å². The quantitative estimate of drug-likeness (QED) is 0.235. The van der Waals surface area contributed by atoms with Gasteiger partial charge < -0.3 is 0 Å². The average Bonchev–Trinajstić information content (AvgIpc) is 2.82. The van der Waals surface area contributed by atoms with Gasteiger partial charge in [0.15, 0.2) is 17.5 Å². The Morgan fingerprint density at radius 1 is 0.667 bits per heavy atom. The molecular formula is C29H32F4. The van der Waals surface area contributed by atoms with Crippen molar-refractivity contribution < 1.29 is 17.6 Å².